The van der Waals surface area contributed by atoms with Crippen molar-refractivity contribution in [3.05, 3.63) is 90.5 Å². The Balaban J connectivity index is 1.39. The van der Waals surface area contributed by atoms with E-state index in [1.165, 1.54) is 12.1 Å². The van der Waals surface area contributed by atoms with Crippen LogP contribution in [0.4, 0.5) is 4.39 Å². The first kappa shape index (κ1) is 18.9. The molecule has 0 bridgehead atoms. The molecule has 1 saturated heterocycles. The molecule has 30 heavy (non-hydrogen) atoms. The Kier molecular flexibility index (Phi) is 5.02. The van der Waals surface area contributed by atoms with E-state index < -0.39 is 0 Å². The number of nitrogens with zero attached hydrogens (tertiary/aromatic N) is 5. The molecule has 3 aromatic heterocycles. The summed E-state index contributed by atoms with van der Waals surface area (Å²) in [5.74, 6) is -0.190. The van der Waals surface area contributed by atoms with Crippen molar-refractivity contribution < 1.29 is 4.39 Å². The summed E-state index contributed by atoms with van der Waals surface area (Å²) in [7, 11) is 2.16. The lowest BCUT2D eigenvalue weighted by Gasteiger charge is -2.39. The quantitative estimate of drug-likeness (QED) is 0.518. The molecule has 4 aromatic rings. The highest BCUT2D eigenvalue weighted by Gasteiger charge is 2.28. The van der Waals surface area contributed by atoms with Crippen LogP contribution in [0.3, 0.4) is 0 Å². The molecule has 0 amide bonds. The van der Waals surface area contributed by atoms with Crippen LogP contribution in [0.5, 0.6) is 0 Å². The summed E-state index contributed by atoms with van der Waals surface area (Å²) >= 11 is 0. The van der Waals surface area contributed by atoms with Gasteiger partial charge in [0.2, 0.25) is 0 Å². The number of hydrogen-bond acceptors (Lipinski definition) is 4. The van der Waals surface area contributed by atoms with Gasteiger partial charge in [-0.3, -0.25) is 14.8 Å². The van der Waals surface area contributed by atoms with Crippen molar-refractivity contribution in [2.24, 2.45) is 0 Å². The van der Waals surface area contributed by atoms with Crippen LogP contribution in [0.15, 0.2) is 73.4 Å². The van der Waals surface area contributed by atoms with Crippen molar-refractivity contribution in [1.82, 2.24) is 24.2 Å². The first-order chi connectivity index (χ1) is 14.7. The van der Waals surface area contributed by atoms with E-state index in [9.17, 15) is 4.39 Å². The molecule has 1 aliphatic heterocycles. The number of hydrogen-bond donors (Lipinski definition) is 0. The summed E-state index contributed by atoms with van der Waals surface area (Å²) in [5.41, 5.74) is 5.57. The summed E-state index contributed by atoms with van der Waals surface area (Å²) in [6.07, 6.45) is 7.68. The Morgan fingerprint density at radius 2 is 1.90 bits per heavy atom. The number of rotatable bonds is 4. The molecule has 0 aliphatic carbocycles. The molecule has 1 atom stereocenters. The average Bonchev–Trinajstić information content (AvgIpc) is 3.20. The lowest BCUT2D eigenvalue weighted by Crippen LogP contribution is -2.46. The fraction of sp³-hybridized carbons (Fsp3) is 0.250. The maximum absolute atomic E-state index is 13.2. The topological polar surface area (TPSA) is 36.7 Å². The van der Waals surface area contributed by atoms with E-state index in [0.717, 1.165) is 54.1 Å². The minimum atomic E-state index is -0.190. The smallest absolute Gasteiger partial charge is 0.123 e. The molecular formula is C24H24FN5. The highest BCUT2D eigenvalue weighted by Crippen LogP contribution is 2.29. The second-order valence-electron chi connectivity index (χ2n) is 7.94. The van der Waals surface area contributed by atoms with Gasteiger partial charge >= 0.3 is 0 Å². The molecule has 0 spiro atoms. The van der Waals surface area contributed by atoms with Gasteiger partial charge in [-0.05, 0) is 42.4 Å². The number of benzene rings is 1. The van der Waals surface area contributed by atoms with Gasteiger partial charge in [0.25, 0.3) is 0 Å². The first-order valence-electron chi connectivity index (χ1n) is 10.2. The lowest BCUT2D eigenvalue weighted by atomic mass is 10.1. The van der Waals surface area contributed by atoms with Gasteiger partial charge in [0.05, 0.1) is 23.6 Å². The minimum absolute atomic E-state index is 0.190. The van der Waals surface area contributed by atoms with Crippen molar-refractivity contribution >= 4 is 5.52 Å². The normalized spacial score (nSPS) is 18.1. The third kappa shape index (κ3) is 3.72. The van der Waals surface area contributed by atoms with Crippen molar-refractivity contribution in [1.29, 1.82) is 0 Å². The van der Waals surface area contributed by atoms with Crippen molar-refractivity contribution in [2.75, 3.05) is 26.7 Å². The molecule has 0 saturated carbocycles. The van der Waals surface area contributed by atoms with Crippen molar-refractivity contribution in [2.45, 2.75) is 12.6 Å². The highest BCUT2D eigenvalue weighted by molar-refractivity contribution is 5.66. The van der Waals surface area contributed by atoms with Gasteiger partial charge < -0.3 is 4.40 Å². The average molecular weight is 401 g/mol. The molecular weight excluding hydrogens is 377 g/mol. The molecule has 5 rings (SSSR count). The third-order valence-electron chi connectivity index (χ3n) is 5.92. The van der Waals surface area contributed by atoms with Gasteiger partial charge in [-0.1, -0.05) is 24.3 Å². The summed E-state index contributed by atoms with van der Waals surface area (Å²) in [6.45, 7) is 3.67. The summed E-state index contributed by atoms with van der Waals surface area (Å²) in [6, 6.07) is 15.3. The van der Waals surface area contributed by atoms with Crippen LogP contribution < -0.4 is 0 Å². The molecule has 152 valence electrons. The Bertz CT molecular complexity index is 1140. The largest absolute Gasteiger partial charge is 0.305 e. The van der Waals surface area contributed by atoms with Crippen molar-refractivity contribution in [3.8, 4) is 11.1 Å². The van der Waals surface area contributed by atoms with E-state index in [1.54, 1.807) is 6.20 Å². The zero-order valence-electron chi connectivity index (χ0n) is 16.9. The van der Waals surface area contributed by atoms with Gasteiger partial charge in [0.1, 0.15) is 5.82 Å². The van der Waals surface area contributed by atoms with Crippen LogP contribution in [-0.2, 0) is 6.54 Å². The maximum Gasteiger partial charge on any atom is 0.123 e. The maximum atomic E-state index is 13.2. The van der Waals surface area contributed by atoms with E-state index >= 15 is 0 Å². The predicted molar refractivity (Wildman–Crippen MR) is 115 cm³/mol. The number of aromatic nitrogens is 3. The van der Waals surface area contributed by atoms with E-state index in [4.69, 9.17) is 4.98 Å². The molecule has 0 unspecified atom stereocenters. The molecule has 1 aromatic carbocycles. The van der Waals surface area contributed by atoms with E-state index in [-0.39, 0.29) is 11.9 Å². The molecule has 0 N–H and O–H groups in total. The number of likely N-dealkylation sites (N-methyl/N-ethyl adjacent to an activating group) is 1. The molecule has 1 fully saturated rings. The SMILES string of the molecule is CN1CCN(Cc2ccc(F)cc2)C[C@H]1c1ncn2cc(-c3cccnc3)ccc12. The van der Waals surface area contributed by atoms with Crippen LogP contribution in [-0.4, -0.2) is 50.9 Å². The number of imidazole rings is 1. The molecule has 0 radical (unpaired) electrons. The van der Waals surface area contributed by atoms with E-state index in [2.05, 4.69) is 50.6 Å². The van der Waals surface area contributed by atoms with Gasteiger partial charge in [-0.15, -0.1) is 0 Å². The minimum Gasteiger partial charge on any atom is -0.305 e. The summed E-state index contributed by atoms with van der Waals surface area (Å²) < 4.78 is 15.3. The summed E-state index contributed by atoms with van der Waals surface area (Å²) in [4.78, 5) is 13.8. The fourth-order valence-corrected chi connectivity index (χ4v) is 4.20. The van der Waals surface area contributed by atoms with Crippen LogP contribution in [0.25, 0.3) is 16.6 Å². The Morgan fingerprint density at radius 1 is 1.03 bits per heavy atom. The van der Waals surface area contributed by atoms with Crippen molar-refractivity contribution in [3.63, 3.8) is 0 Å². The lowest BCUT2D eigenvalue weighted by molar-refractivity contribution is 0.0892. The number of fused-ring (bicyclic) bond motifs is 1. The van der Waals surface area contributed by atoms with Crippen LogP contribution in [0.1, 0.15) is 17.3 Å². The standard InChI is InChI=1S/C24H24FN5/c1-28-11-12-29(14-18-4-7-21(25)8-5-18)16-23(28)24-22-9-6-20(15-30(22)17-27-24)19-3-2-10-26-13-19/h2-10,13,15,17,23H,11-12,14,16H2,1H3/t23-/m0/s1. The van der Waals surface area contributed by atoms with E-state index in [1.807, 2.05) is 30.7 Å². The van der Waals surface area contributed by atoms with Gasteiger partial charge in [-0.2, -0.15) is 0 Å². The Hall–Kier alpha value is -3.09. The Morgan fingerprint density at radius 3 is 2.70 bits per heavy atom. The van der Waals surface area contributed by atoms with Crippen LogP contribution in [0.2, 0.25) is 0 Å². The van der Waals surface area contributed by atoms with Crippen LogP contribution >= 0.6 is 0 Å². The second-order valence-corrected chi connectivity index (χ2v) is 7.94. The Labute approximate surface area is 175 Å². The highest BCUT2D eigenvalue weighted by atomic mass is 19.1. The molecule has 6 heteroatoms. The fourth-order valence-electron chi connectivity index (χ4n) is 4.20. The third-order valence-corrected chi connectivity index (χ3v) is 5.92. The first-order valence-corrected chi connectivity index (χ1v) is 10.2. The van der Waals surface area contributed by atoms with Gasteiger partial charge in [0, 0.05) is 50.3 Å². The summed E-state index contributed by atoms with van der Waals surface area (Å²) in [5, 5.41) is 0. The number of pyridine rings is 2. The van der Waals surface area contributed by atoms with E-state index in [0.29, 0.717) is 0 Å². The number of piperazine rings is 1. The van der Waals surface area contributed by atoms with Gasteiger partial charge in [-0.25, -0.2) is 9.37 Å². The molecule has 4 heterocycles. The monoisotopic (exact) mass is 401 g/mol. The predicted octanol–water partition coefficient (Wildman–Crippen LogP) is 4.02. The van der Waals surface area contributed by atoms with Crippen LogP contribution in [0, 0.1) is 5.82 Å². The molecule has 5 nitrogen and oxygen atoms in total. The van der Waals surface area contributed by atoms with Gasteiger partial charge in [0.15, 0.2) is 0 Å². The zero-order valence-corrected chi connectivity index (χ0v) is 16.9. The second kappa shape index (κ2) is 7.97. The molecule has 1 aliphatic rings. The zero-order chi connectivity index (χ0) is 20.5. The number of halogens is 1.